The largest absolute Gasteiger partial charge is 0.493 e. The third-order valence-electron chi connectivity index (χ3n) is 5.27. The van der Waals surface area contributed by atoms with Crippen molar-refractivity contribution in [1.82, 2.24) is 10.2 Å². The van der Waals surface area contributed by atoms with E-state index >= 15 is 0 Å². The zero-order chi connectivity index (χ0) is 19.9. The van der Waals surface area contributed by atoms with Crippen LogP contribution in [0.4, 0.5) is 5.69 Å². The maximum absolute atomic E-state index is 5.85. The van der Waals surface area contributed by atoms with Gasteiger partial charge in [-0.2, -0.15) is 0 Å². The normalized spacial score (nSPS) is 16.3. The Bertz CT molecular complexity index is 738. The Morgan fingerprint density at radius 3 is 2.43 bits per heavy atom. The molecular weight excluding hydrogens is 350 g/mol. The molecule has 1 aliphatic heterocycles. The molecule has 28 heavy (non-hydrogen) atoms. The Morgan fingerprint density at radius 1 is 1.00 bits per heavy atom. The van der Waals surface area contributed by atoms with E-state index < -0.39 is 0 Å². The standard InChI is InChI=1S/C23H33N3O2/c1-5-28-22-17-19(9-12-21(22)27-4)23(26-15-6-13-24-14-16-26)18-7-10-20(11-8-18)25(2)3/h7-12,17,23-24H,5-6,13-16H2,1-4H3. The smallest absolute Gasteiger partial charge is 0.161 e. The quantitative estimate of drug-likeness (QED) is 0.791. The van der Waals surface area contributed by atoms with Crippen LogP contribution in [-0.4, -0.2) is 58.9 Å². The highest BCUT2D eigenvalue weighted by molar-refractivity contribution is 5.50. The summed E-state index contributed by atoms with van der Waals surface area (Å²) in [5, 5.41) is 3.52. The second-order valence-electron chi connectivity index (χ2n) is 7.37. The average molecular weight is 384 g/mol. The molecule has 2 aromatic rings. The van der Waals surface area contributed by atoms with Gasteiger partial charge in [-0.15, -0.1) is 0 Å². The molecular formula is C23H33N3O2. The third-order valence-corrected chi connectivity index (χ3v) is 5.27. The van der Waals surface area contributed by atoms with Crippen molar-refractivity contribution in [2.45, 2.75) is 19.4 Å². The van der Waals surface area contributed by atoms with Crippen LogP contribution < -0.4 is 19.7 Å². The van der Waals surface area contributed by atoms with E-state index in [-0.39, 0.29) is 6.04 Å². The lowest BCUT2D eigenvalue weighted by molar-refractivity contribution is 0.240. The number of benzene rings is 2. The van der Waals surface area contributed by atoms with Gasteiger partial charge in [0.15, 0.2) is 11.5 Å². The molecule has 0 saturated carbocycles. The highest BCUT2D eigenvalue weighted by Gasteiger charge is 2.24. The van der Waals surface area contributed by atoms with Crippen LogP contribution in [0.25, 0.3) is 0 Å². The van der Waals surface area contributed by atoms with E-state index in [9.17, 15) is 0 Å². The average Bonchev–Trinajstić information content (AvgIpc) is 2.98. The van der Waals surface area contributed by atoms with E-state index in [1.807, 2.05) is 13.0 Å². The first-order chi connectivity index (χ1) is 13.6. The summed E-state index contributed by atoms with van der Waals surface area (Å²) in [6.45, 7) is 6.81. The summed E-state index contributed by atoms with van der Waals surface area (Å²) in [5.41, 5.74) is 3.76. The van der Waals surface area contributed by atoms with E-state index in [0.717, 1.165) is 44.1 Å². The molecule has 1 fully saturated rings. The molecule has 1 unspecified atom stereocenters. The molecule has 2 aromatic carbocycles. The number of anilines is 1. The molecule has 5 heteroatoms. The van der Waals surface area contributed by atoms with Crippen molar-refractivity contribution < 1.29 is 9.47 Å². The fraction of sp³-hybridized carbons (Fsp3) is 0.478. The summed E-state index contributed by atoms with van der Waals surface area (Å²) in [6, 6.07) is 15.4. The Kier molecular flexibility index (Phi) is 7.18. The molecule has 1 heterocycles. The predicted molar refractivity (Wildman–Crippen MR) is 116 cm³/mol. The van der Waals surface area contributed by atoms with E-state index in [1.54, 1.807) is 7.11 Å². The van der Waals surface area contributed by atoms with Crippen molar-refractivity contribution in [3.05, 3.63) is 53.6 Å². The fourth-order valence-electron chi connectivity index (χ4n) is 3.83. The van der Waals surface area contributed by atoms with Gasteiger partial charge in [0.2, 0.25) is 0 Å². The Labute approximate surface area is 169 Å². The van der Waals surface area contributed by atoms with Gasteiger partial charge in [-0.25, -0.2) is 0 Å². The molecule has 0 radical (unpaired) electrons. The Morgan fingerprint density at radius 2 is 1.75 bits per heavy atom. The lowest BCUT2D eigenvalue weighted by Gasteiger charge is -2.32. The predicted octanol–water partition coefficient (Wildman–Crippen LogP) is 3.54. The molecule has 0 spiro atoms. The summed E-state index contributed by atoms with van der Waals surface area (Å²) in [6.07, 6.45) is 1.15. The van der Waals surface area contributed by atoms with E-state index in [2.05, 4.69) is 65.6 Å². The molecule has 152 valence electrons. The van der Waals surface area contributed by atoms with Crippen molar-refractivity contribution in [2.24, 2.45) is 0 Å². The number of nitrogens with one attached hydrogen (secondary N) is 1. The number of hydrogen-bond donors (Lipinski definition) is 1. The van der Waals surface area contributed by atoms with Crippen LogP contribution in [0.1, 0.15) is 30.5 Å². The minimum atomic E-state index is 0.196. The number of ether oxygens (including phenoxy) is 2. The first-order valence-corrected chi connectivity index (χ1v) is 10.2. The summed E-state index contributed by atoms with van der Waals surface area (Å²) in [7, 11) is 5.84. The number of methoxy groups -OCH3 is 1. The minimum Gasteiger partial charge on any atom is -0.493 e. The SMILES string of the molecule is CCOc1cc(C(c2ccc(N(C)C)cc2)N2CCCNCC2)ccc1OC. The van der Waals surface area contributed by atoms with Crippen LogP contribution in [0, 0.1) is 0 Å². The summed E-state index contributed by atoms with van der Waals surface area (Å²) in [5.74, 6) is 1.59. The zero-order valence-electron chi connectivity index (χ0n) is 17.6. The number of nitrogens with zero attached hydrogens (tertiary/aromatic N) is 2. The van der Waals surface area contributed by atoms with Crippen molar-refractivity contribution >= 4 is 5.69 Å². The van der Waals surface area contributed by atoms with Gasteiger partial charge in [-0.3, -0.25) is 4.90 Å². The van der Waals surface area contributed by atoms with Gasteiger partial charge in [-0.05, 0) is 55.3 Å². The van der Waals surface area contributed by atoms with Crippen LogP contribution in [0.2, 0.25) is 0 Å². The third kappa shape index (κ3) is 4.78. The van der Waals surface area contributed by atoms with E-state index in [4.69, 9.17) is 9.47 Å². The second-order valence-corrected chi connectivity index (χ2v) is 7.37. The molecule has 1 N–H and O–H groups in total. The molecule has 0 aliphatic carbocycles. The summed E-state index contributed by atoms with van der Waals surface area (Å²) < 4.78 is 11.3. The lowest BCUT2D eigenvalue weighted by atomic mass is 9.96. The van der Waals surface area contributed by atoms with Crippen LogP contribution in [0.5, 0.6) is 11.5 Å². The highest BCUT2D eigenvalue weighted by atomic mass is 16.5. The lowest BCUT2D eigenvalue weighted by Crippen LogP contribution is -2.33. The monoisotopic (exact) mass is 383 g/mol. The highest BCUT2D eigenvalue weighted by Crippen LogP contribution is 2.36. The molecule has 5 nitrogen and oxygen atoms in total. The van der Waals surface area contributed by atoms with Gasteiger partial charge in [0.05, 0.1) is 19.8 Å². The first kappa shape index (κ1) is 20.5. The van der Waals surface area contributed by atoms with E-state index in [1.165, 1.54) is 16.8 Å². The number of rotatable bonds is 7. The fourth-order valence-corrected chi connectivity index (χ4v) is 3.83. The maximum atomic E-state index is 5.85. The van der Waals surface area contributed by atoms with Crippen LogP contribution in [-0.2, 0) is 0 Å². The topological polar surface area (TPSA) is 37.0 Å². The summed E-state index contributed by atoms with van der Waals surface area (Å²) in [4.78, 5) is 4.71. The molecule has 3 rings (SSSR count). The molecule has 0 bridgehead atoms. The van der Waals surface area contributed by atoms with Gasteiger partial charge in [0.1, 0.15) is 0 Å². The summed E-state index contributed by atoms with van der Waals surface area (Å²) >= 11 is 0. The van der Waals surface area contributed by atoms with Crippen LogP contribution in [0.3, 0.4) is 0 Å². The number of hydrogen-bond acceptors (Lipinski definition) is 5. The van der Waals surface area contributed by atoms with Gasteiger partial charge in [0.25, 0.3) is 0 Å². The second kappa shape index (κ2) is 9.80. The van der Waals surface area contributed by atoms with Gasteiger partial charge in [0, 0.05) is 39.4 Å². The molecule has 0 amide bonds. The van der Waals surface area contributed by atoms with Crippen molar-refractivity contribution in [3.8, 4) is 11.5 Å². The maximum Gasteiger partial charge on any atom is 0.161 e. The van der Waals surface area contributed by atoms with Crippen molar-refractivity contribution in [2.75, 3.05) is 58.9 Å². The molecule has 1 saturated heterocycles. The van der Waals surface area contributed by atoms with Crippen LogP contribution >= 0.6 is 0 Å². The Balaban J connectivity index is 2.01. The first-order valence-electron chi connectivity index (χ1n) is 10.2. The van der Waals surface area contributed by atoms with Crippen molar-refractivity contribution in [1.29, 1.82) is 0 Å². The molecule has 1 atom stereocenters. The van der Waals surface area contributed by atoms with Gasteiger partial charge in [-0.1, -0.05) is 18.2 Å². The zero-order valence-corrected chi connectivity index (χ0v) is 17.6. The minimum absolute atomic E-state index is 0.196. The van der Waals surface area contributed by atoms with E-state index in [0.29, 0.717) is 6.61 Å². The van der Waals surface area contributed by atoms with Gasteiger partial charge < -0.3 is 19.7 Å². The molecule has 0 aromatic heterocycles. The molecule has 1 aliphatic rings. The van der Waals surface area contributed by atoms with Crippen LogP contribution in [0.15, 0.2) is 42.5 Å². The van der Waals surface area contributed by atoms with Gasteiger partial charge >= 0.3 is 0 Å². The Hall–Kier alpha value is -2.24. The van der Waals surface area contributed by atoms with Crippen molar-refractivity contribution in [3.63, 3.8) is 0 Å².